The van der Waals surface area contributed by atoms with E-state index >= 15 is 0 Å². The van der Waals surface area contributed by atoms with Crippen molar-refractivity contribution >= 4 is 28.3 Å². The summed E-state index contributed by atoms with van der Waals surface area (Å²) in [4.78, 5) is 32.7. The van der Waals surface area contributed by atoms with Crippen LogP contribution in [0.15, 0.2) is 54.9 Å². The van der Waals surface area contributed by atoms with Crippen molar-refractivity contribution in [1.82, 2.24) is 9.97 Å². The Hall–Kier alpha value is -4.67. The maximum Gasteiger partial charge on any atom is 0.296 e. The largest absolute Gasteiger partial charge is 0.493 e. The number of nitrogens with zero attached hydrogens (tertiary/aromatic N) is 2. The van der Waals surface area contributed by atoms with Crippen molar-refractivity contribution in [2.45, 2.75) is 0 Å². The maximum absolute atomic E-state index is 14.7. The summed E-state index contributed by atoms with van der Waals surface area (Å²) < 4.78 is 58.7. The van der Waals surface area contributed by atoms with Crippen molar-refractivity contribution in [2.24, 2.45) is 0 Å². The molecule has 4 rings (SSSR count). The number of carbonyl (C=O) groups is 2. The first kappa shape index (κ1) is 23.5. The molecule has 0 aliphatic rings. The minimum atomic E-state index is -1.49. The molecule has 0 saturated heterocycles. The number of ether oxygens (including phenoxy) is 3. The van der Waals surface area contributed by atoms with Crippen LogP contribution in [0.1, 0.15) is 10.4 Å². The fraction of sp³-hybridized carbons (Fsp3) is 0.0833. The highest BCUT2D eigenvalue weighted by molar-refractivity contribution is 6.46. The molecule has 0 unspecified atom stereocenters. The third-order valence-electron chi connectivity index (χ3n) is 4.85. The van der Waals surface area contributed by atoms with Crippen molar-refractivity contribution in [2.75, 3.05) is 19.5 Å². The molecule has 0 aliphatic carbocycles. The molecule has 8 nitrogen and oxygen atoms in total. The van der Waals surface area contributed by atoms with Gasteiger partial charge in [-0.05, 0) is 24.3 Å². The summed E-state index contributed by atoms with van der Waals surface area (Å²) in [7, 11) is 2.88. The van der Waals surface area contributed by atoms with E-state index in [-0.39, 0.29) is 17.3 Å². The number of amides is 1. The van der Waals surface area contributed by atoms with Crippen LogP contribution in [0.25, 0.3) is 10.9 Å². The zero-order chi connectivity index (χ0) is 25.1. The van der Waals surface area contributed by atoms with Gasteiger partial charge >= 0.3 is 0 Å². The summed E-state index contributed by atoms with van der Waals surface area (Å²) >= 11 is 0. The second kappa shape index (κ2) is 9.67. The van der Waals surface area contributed by atoms with Gasteiger partial charge in [-0.1, -0.05) is 6.07 Å². The average molecular weight is 483 g/mol. The van der Waals surface area contributed by atoms with Gasteiger partial charge in [-0.3, -0.25) is 9.59 Å². The number of carbonyl (C=O) groups excluding carboxylic acids is 2. The first-order chi connectivity index (χ1) is 16.8. The van der Waals surface area contributed by atoms with Crippen molar-refractivity contribution in [1.29, 1.82) is 0 Å². The molecule has 1 N–H and O–H groups in total. The minimum Gasteiger partial charge on any atom is -0.493 e. The van der Waals surface area contributed by atoms with Crippen LogP contribution in [-0.4, -0.2) is 35.9 Å². The molecular formula is C24H16F3N3O5. The summed E-state index contributed by atoms with van der Waals surface area (Å²) in [6, 6.07) is 9.27. The van der Waals surface area contributed by atoms with Gasteiger partial charge in [-0.15, -0.1) is 0 Å². The van der Waals surface area contributed by atoms with E-state index in [9.17, 15) is 22.8 Å². The number of benzene rings is 3. The third kappa shape index (κ3) is 4.83. The van der Waals surface area contributed by atoms with Crippen LogP contribution in [0.3, 0.4) is 0 Å². The second-order valence-corrected chi connectivity index (χ2v) is 7.06. The normalized spacial score (nSPS) is 10.7. The highest BCUT2D eigenvalue weighted by Gasteiger charge is 2.26. The lowest BCUT2D eigenvalue weighted by Crippen LogP contribution is -2.25. The molecule has 0 saturated carbocycles. The summed E-state index contributed by atoms with van der Waals surface area (Å²) in [5, 5.41) is 2.46. The van der Waals surface area contributed by atoms with E-state index in [2.05, 4.69) is 15.3 Å². The Labute approximate surface area is 196 Å². The van der Waals surface area contributed by atoms with E-state index in [4.69, 9.17) is 14.2 Å². The molecular weight excluding hydrogens is 467 g/mol. The monoisotopic (exact) mass is 483 g/mol. The van der Waals surface area contributed by atoms with Crippen LogP contribution in [0.2, 0.25) is 0 Å². The predicted octanol–water partition coefficient (Wildman–Crippen LogP) is 4.68. The van der Waals surface area contributed by atoms with Crippen LogP contribution in [0.5, 0.6) is 23.1 Å². The molecule has 0 atom stereocenters. The van der Waals surface area contributed by atoms with Gasteiger partial charge < -0.3 is 19.5 Å². The Morgan fingerprint density at radius 1 is 0.886 bits per heavy atom. The zero-order valence-corrected chi connectivity index (χ0v) is 18.3. The van der Waals surface area contributed by atoms with E-state index in [0.717, 1.165) is 24.3 Å². The highest BCUT2D eigenvalue weighted by Crippen LogP contribution is 2.36. The number of rotatable bonds is 7. The van der Waals surface area contributed by atoms with Crippen LogP contribution < -0.4 is 19.5 Å². The number of hydrogen-bond acceptors (Lipinski definition) is 7. The fourth-order valence-electron chi connectivity index (χ4n) is 3.25. The summed E-state index contributed by atoms with van der Waals surface area (Å²) in [5.74, 6) is -5.78. The molecule has 178 valence electrons. The molecule has 0 radical (unpaired) electrons. The molecule has 0 aliphatic heterocycles. The van der Waals surface area contributed by atoms with Gasteiger partial charge in [-0.25, -0.2) is 23.1 Å². The summed E-state index contributed by atoms with van der Waals surface area (Å²) in [5.41, 5.74) is -0.730. The molecule has 0 bridgehead atoms. The first-order valence-electron chi connectivity index (χ1n) is 9.95. The second-order valence-electron chi connectivity index (χ2n) is 7.06. The SMILES string of the molecule is COc1cc2ncnc(Oc3cc(F)c(C(=O)C(=O)Nc4cccc(F)c4)c(F)c3)c2cc1OC. The maximum atomic E-state index is 14.7. The lowest BCUT2D eigenvalue weighted by molar-refractivity contribution is -0.112. The quantitative estimate of drug-likeness (QED) is 0.301. The Kier molecular flexibility index (Phi) is 6.49. The van der Waals surface area contributed by atoms with Crippen molar-refractivity contribution in [3.05, 3.63) is 77.9 Å². The molecule has 1 amide bonds. The number of fused-ring (bicyclic) bond motifs is 1. The Bertz CT molecular complexity index is 1440. The van der Waals surface area contributed by atoms with Crippen LogP contribution in [-0.2, 0) is 4.79 Å². The molecule has 35 heavy (non-hydrogen) atoms. The topological polar surface area (TPSA) is 99.6 Å². The van der Waals surface area contributed by atoms with E-state index in [1.54, 1.807) is 6.07 Å². The summed E-state index contributed by atoms with van der Waals surface area (Å²) in [6.07, 6.45) is 1.19. The number of methoxy groups -OCH3 is 2. The highest BCUT2D eigenvalue weighted by atomic mass is 19.1. The number of hydrogen-bond donors (Lipinski definition) is 1. The van der Waals surface area contributed by atoms with Crippen molar-refractivity contribution in [3.63, 3.8) is 0 Å². The lowest BCUT2D eigenvalue weighted by Gasteiger charge is -2.12. The molecule has 3 aromatic carbocycles. The number of nitrogens with one attached hydrogen (secondary N) is 1. The van der Waals surface area contributed by atoms with Gasteiger partial charge in [0.05, 0.1) is 30.7 Å². The van der Waals surface area contributed by atoms with Gasteiger partial charge in [0.1, 0.15) is 29.5 Å². The van der Waals surface area contributed by atoms with Crippen LogP contribution in [0.4, 0.5) is 18.9 Å². The fourth-order valence-corrected chi connectivity index (χ4v) is 3.25. The van der Waals surface area contributed by atoms with E-state index in [0.29, 0.717) is 22.4 Å². The van der Waals surface area contributed by atoms with Gasteiger partial charge in [-0.2, -0.15) is 0 Å². The summed E-state index contributed by atoms with van der Waals surface area (Å²) in [6.45, 7) is 0. The van der Waals surface area contributed by atoms with Crippen molar-refractivity contribution < 1.29 is 37.0 Å². The number of anilines is 1. The lowest BCUT2D eigenvalue weighted by atomic mass is 10.1. The number of halogens is 3. The van der Waals surface area contributed by atoms with E-state index in [1.807, 2.05) is 0 Å². The van der Waals surface area contributed by atoms with E-state index in [1.165, 1.54) is 38.7 Å². The molecule has 0 fully saturated rings. The Morgan fingerprint density at radius 2 is 1.57 bits per heavy atom. The standard InChI is InChI=1S/C24H16F3N3O5/c1-33-19-9-15-18(10-20(19)34-2)28-11-29-24(15)35-14-7-16(26)21(17(27)8-14)22(31)23(32)30-13-5-3-4-12(25)6-13/h3-11H,1-2H3,(H,30,32). The molecule has 11 heteroatoms. The first-order valence-corrected chi connectivity index (χ1v) is 9.95. The smallest absolute Gasteiger partial charge is 0.296 e. The molecule has 1 heterocycles. The average Bonchev–Trinajstić information content (AvgIpc) is 2.82. The number of Topliss-reactive ketones (excluding diaryl/α,β-unsaturated/α-hetero) is 1. The van der Waals surface area contributed by atoms with Crippen LogP contribution >= 0.6 is 0 Å². The number of aromatic nitrogens is 2. The number of ketones is 1. The third-order valence-corrected chi connectivity index (χ3v) is 4.85. The zero-order valence-electron chi connectivity index (χ0n) is 18.3. The van der Waals surface area contributed by atoms with E-state index < -0.39 is 34.7 Å². The predicted molar refractivity (Wildman–Crippen MR) is 118 cm³/mol. The van der Waals surface area contributed by atoms with Gasteiger partial charge in [0.25, 0.3) is 11.7 Å². The molecule has 4 aromatic rings. The minimum absolute atomic E-state index is 0.0438. The van der Waals surface area contributed by atoms with Gasteiger partial charge in [0.15, 0.2) is 11.5 Å². The Morgan fingerprint density at radius 3 is 2.23 bits per heavy atom. The van der Waals surface area contributed by atoms with Crippen molar-refractivity contribution in [3.8, 4) is 23.1 Å². The molecule has 1 aromatic heterocycles. The van der Waals surface area contributed by atoms with Crippen LogP contribution in [0, 0.1) is 17.5 Å². The molecule has 0 spiro atoms. The van der Waals surface area contributed by atoms with Gasteiger partial charge in [0, 0.05) is 23.9 Å². The van der Waals surface area contributed by atoms with Gasteiger partial charge in [0.2, 0.25) is 5.88 Å². The Balaban J connectivity index is 1.62.